The van der Waals surface area contributed by atoms with E-state index in [0.717, 1.165) is 5.56 Å². The quantitative estimate of drug-likeness (QED) is 0.530. The Morgan fingerprint density at radius 3 is 2.15 bits per heavy atom. The van der Waals surface area contributed by atoms with Gasteiger partial charge in [-0.3, -0.25) is 14.2 Å². The van der Waals surface area contributed by atoms with Crippen molar-refractivity contribution in [3.8, 4) is 0 Å². The van der Waals surface area contributed by atoms with Gasteiger partial charge in [0.2, 0.25) is 0 Å². The summed E-state index contributed by atoms with van der Waals surface area (Å²) in [4.78, 5) is 30.7. The van der Waals surface area contributed by atoms with Crippen molar-refractivity contribution < 1.29 is 4.79 Å². The van der Waals surface area contributed by atoms with Crippen LogP contribution in [0.5, 0.6) is 0 Å². The summed E-state index contributed by atoms with van der Waals surface area (Å²) in [5.41, 5.74) is 1.70. The lowest BCUT2D eigenvalue weighted by Gasteiger charge is -2.19. The molecule has 4 nitrogen and oxygen atoms in total. The highest BCUT2D eigenvalue weighted by molar-refractivity contribution is 6.01. The van der Waals surface area contributed by atoms with E-state index in [0.29, 0.717) is 16.5 Å². The van der Waals surface area contributed by atoms with Crippen molar-refractivity contribution >= 4 is 16.7 Å². The highest BCUT2D eigenvalue weighted by atomic mass is 16.1. The molecule has 0 bridgehead atoms. The molecular formula is C22H16N2O2. The Bertz CT molecular complexity index is 1120. The van der Waals surface area contributed by atoms with Crippen LogP contribution in [0.15, 0.2) is 96.1 Å². The van der Waals surface area contributed by atoms with Crippen molar-refractivity contribution in [2.24, 2.45) is 0 Å². The van der Waals surface area contributed by atoms with Gasteiger partial charge in [0.05, 0.1) is 17.2 Å². The number of hydrogen-bond acceptors (Lipinski definition) is 3. The summed E-state index contributed by atoms with van der Waals surface area (Å²) >= 11 is 0. The molecule has 0 fully saturated rings. The van der Waals surface area contributed by atoms with Gasteiger partial charge < -0.3 is 0 Å². The van der Waals surface area contributed by atoms with Crippen molar-refractivity contribution in [1.82, 2.24) is 9.55 Å². The fraction of sp³-hybridized carbons (Fsp3) is 0.0455. The third kappa shape index (κ3) is 2.82. The van der Waals surface area contributed by atoms with Gasteiger partial charge in [-0.15, -0.1) is 0 Å². The van der Waals surface area contributed by atoms with Crippen LogP contribution in [0.3, 0.4) is 0 Å². The minimum absolute atomic E-state index is 0.143. The first-order valence-electron chi connectivity index (χ1n) is 8.36. The lowest BCUT2D eigenvalue weighted by Crippen LogP contribution is -2.31. The number of hydrogen-bond donors (Lipinski definition) is 0. The second kappa shape index (κ2) is 6.76. The minimum atomic E-state index is -0.761. The fourth-order valence-corrected chi connectivity index (χ4v) is 3.10. The Balaban J connectivity index is 1.93. The van der Waals surface area contributed by atoms with Gasteiger partial charge in [0.25, 0.3) is 5.56 Å². The molecule has 0 saturated heterocycles. The number of benzene rings is 3. The number of ketones is 1. The van der Waals surface area contributed by atoms with E-state index < -0.39 is 6.04 Å². The lowest BCUT2D eigenvalue weighted by atomic mass is 9.97. The van der Waals surface area contributed by atoms with E-state index in [9.17, 15) is 9.59 Å². The summed E-state index contributed by atoms with van der Waals surface area (Å²) in [6.45, 7) is 0. The zero-order chi connectivity index (χ0) is 17.9. The van der Waals surface area contributed by atoms with Crippen molar-refractivity contribution in [2.75, 3.05) is 0 Å². The Kier molecular flexibility index (Phi) is 4.15. The first-order valence-corrected chi connectivity index (χ1v) is 8.36. The summed E-state index contributed by atoms with van der Waals surface area (Å²) in [7, 11) is 0. The molecule has 0 aliphatic heterocycles. The van der Waals surface area contributed by atoms with E-state index in [4.69, 9.17) is 0 Å². The monoisotopic (exact) mass is 340 g/mol. The number of nitrogens with zero attached hydrogens (tertiary/aromatic N) is 2. The summed E-state index contributed by atoms with van der Waals surface area (Å²) in [6.07, 6.45) is 1.46. The Labute approximate surface area is 150 Å². The maximum absolute atomic E-state index is 13.2. The topological polar surface area (TPSA) is 52.0 Å². The van der Waals surface area contributed by atoms with Crippen LogP contribution in [-0.2, 0) is 0 Å². The number of fused-ring (bicyclic) bond motifs is 1. The van der Waals surface area contributed by atoms with E-state index in [-0.39, 0.29) is 11.3 Å². The minimum Gasteiger partial charge on any atom is -0.291 e. The number of para-hydroxylation sites is 1. The van der Waals surface area contributed by atoms with Gasteiger partial charge in [0, 0.05) is 5.56 Å². The summed E-state index contributed by atoms with van der Waals surface area (Å²) in [5, 5.41) is 0.497. The number of Topliss-reactive ketones (excluding diaryl/α,β-unsaturated/α-hetero) is 1. The maximum atomic E-state index is 13.2. The highest BCUT2D eigenvalue weighted by Gasteiger charge is 2.25. The first kappa shape index (κ1) is 16.0. The third-order valence-electron chi connectivity index (χ3n) is 4.39. The van der Waals surface area contributed by atoms with E-state index in [1.54, 1.807) is 30.3 Å². The summed E-state index contributed by atoms with van der Waals surface area (Å²) in [5.74, 6) is -0.143. The molecule has 1 aromatic heterocycles. The number of rotatable bonds is 4. The Hall–Kier alpha value is -3.53. The standard InChI is InChI=1S/C22H16N2O2/c25-21(17-11-5-2-6-12-17)20(16-9-3-1-4-10-16)24-15-23-19-14-8-7-13-18(19)22(24)26/h1-15,20H. The van der Waals surface area contributed by atoms with Crippen LogP contribution >= 0.6 is 0 Å². The molecule has 0 spiro atoms. The van der Waals surface area contributed by atoms with Gasteiger partial charge in [-0.25, -0.2) is 4.98 Å². The second-order valence-electron chi connectivity index (χ2n) is 6.02. The molecule has 1 atom stereocenters. The molecule has 0 radical (unpaired) electrons. The van der Waals surface area contributed by atoms with Crippen LogP contribution in [-0.4, -0.2) is 15.3 Å². The number of carbonyl (C=O) groups excluding carboxylic acids is 1. The van der Waals surface area contributed by atoms with Crippen LogP contribution in [0.4, 0.5) is 0 Å². The molecule has 0 amide bonds. The fourth-order valence-electron chi connectivity index (χ4n) is 3.10. The lowest BCUT2D eigenvalue weighted by molar-refractivity contribution is 0.0944. The molecule has 4 heteroatoms. The zero-order valence-corrected chi connectivity index (χ0v) is 13.9. The molecule has 0 saturated carbocycles. The molecule has 0 N–H and O–H groups in total. The number of carbonyl (C=O) groups is 1. The molecule has 0 aliphatic carbocycles. The third-order valence-corrected chi connectivity index (χ3v) is 4.39. The van der Waals surface area contributed by atoms with Gasteiger partial charge in [0.15, 0.2) is 5.78 Å². The summed E-state index contributed by atoms with van der Waals surface area (Å²) < 4.78 is 1.42. The predicted molar refractivity (Wildman–Crippen MR) is 101 cm³/mol. The van der Waals surface area contributed by atoms with E-state index in [2.05, 4.69) is 4.98 Å². The van der Waals surface area contributed by atoms with Gasteiger partial charge in [-0.1, -0.05) is 72.8 Å². The van der Waals surface area contributed by atoms with E-state index in [1.807, 2.05) is 54.6 Å². The average Bonchev–Trinajstić information content (AvgIpc) is 2.71. The van der Waals surface area contributed by atoms with Gasteiger partial charge in [-0.2, -0.15) is 0 Å². The Morgan fingerprint density at radius 1 is 0.808 bits per heavy atom. The molecule has 26 heavy (non-hydrogen) atoms. The average molecular weight is 340 g/mol. The van der Waals surface area contributed by atoms with Crippen molar-refractivity contribution in [3.05, 3.63) is 113 Å². The molecule has 1 heterocycles. The maximum Gasteiger partial charge on any atom is 0.262 e. The Morgan fingerprint density at radius 2 is 1.42 bits per heavy atom. The molecule has 1 unspecified atom stereocenters. The SMILES string of the molecule is O=C(c1ccccc1)C(c1ccccc1)n1cnc2ccccc2c1=O. The molecule has 4 aromatic rings. The smallest absolute Gasteiger partial charge is 0.262 e. The first-order chi connectivity index (χ1) is 12.8. The molecule has 0 aliphatic rings. The van der Waals surface area contributed by atoms with Crippen molar-refractivity contribution in [3.63, 3.8) is 0 Å². The van der Waals surface area contributed by atoms with Gasteiger partial charge in [0.1, 0.15) is 6.04 Å². The molecule has 126 valence electrons. The van der Waals surface area contributed by atoms with Crippen LogP contribution in [0.25, 0.3) is 10.9 Å². The van der Waals surface area contributed by atoms with E-state index >= 15 is 0 Å². The second-order valence-corrected chi connectivity index (χ2v) is 6.02. The van der Waals surface area contributed by atoms with E-state index in [1.165, 1.54) is 10.9 Å². The molecule has 3 aromatic carbocycles. The summed E-state index contributed by atoms with van der Waals surface area (Å²) in [6, 6.07) is 24.7. The zero-order valence-electron chi connectivity index (χ0n) is 13.9. The van der Waals surface area contributed by atoms with Crippen LogP contribution in [0, 0.1) is 0 Å². The predicted octanol–water partition coefficient (Wildman–Crippen LogP) is 3.87. The largest absolute Gasteiger partial charge is 0.291 e. The number of aromatic nitrogens is 2. The van der Waals surface area contributed by atoms with Crippen LogP contribution < -0.4 is 5.56 Å². The van der Waals surface area contributed by atoms with Gasteiger partial charge in [-0.05, 0) is 17.7 Å². The van der Waals surface area contributed by atoms with Gasteiger partial charge >= 0.3 is 0 Å². The van der Waals surface area contributed by atoms with Crippen LogP contribution in [0.2, 0.25) is 0 Å². The highest BCUT2D eigenvalue weighted by Crippen LogP contribution is 2.22. The molecule has 4 rings (SSSR count). The van der Waals surface area contributed by atoms with Crippen LogP contribution in [0.1, 0.15) is 22.0 Å². The van der Waals surface area contributed by atoms with Crippen molar-refractivity contribution in [1.29, 1.82) is 0 Å². The normalized spacial score (nSPS) is 12.0. The van der Waals surface area contributed by atoms with Crippen molar-refractivity contribution in [2.45, 2.75) is 6.04 Å². The molecular weight excluding hydrogens is 324 g/mol.